The Morgan fingerprint density at radius 1 is 1.04 bits per heavy atom. The van der Waals surface area contributed by atoms with Gasteiger partial charge in [0.15, 0.2) is 0 Å². The van der Waals surface area contributed by atoms with E-state index in [1.807, 2.05) is 0 Å². The first-order chi connectivity index (χ1) is 13.1. The van der Waals surface area contributed by atoms with Gasteiger partial charge in [-0.3, -0.25) is 14.7 Å². The Balaban J connectivity index is 2.21. The van der Waals surface area contributed by atoms with Crippen LogP contribution in [0, 0.1) is 17.0 Å². The van der Waals surface area contributed by atoms with Gasteiger partial charge in [-0.25, -0.2) is 0 Å². The smallest absolute Gasteiger partial charge is 0.313 e. The van der Waals surface area contributed by atoms with Crippen molar-refractivity contribution in [1.29, 1.82) is 0 Å². The number of phenols is 2. The third-order valence-corrected chi connectivity index (χ3v) is 4.83. The fourth-order valence-electron chi connectivity index (χ4n) is 2.69. The summed E-state index contributed by atoms with van der Waals surface area (Å²) in [6.07, 6.45) is 0. The van der Waals surface area contributed by atoms with E-state index in [-0.39, 0.29) is 32.8 Å². The first-order valence-corrected chi connectivity index (χ1v) is 9.15. The van der Waals surface area contributed by atoms with Gasteiger partial charge >= 0.3 is 5.69 Å². The molecule has 3 rings (SSSR count). The number of hydrogen-bond donors (Lipinski definition) is 3. The molecule has 0 aliphatic carbocycles. The zero-order valence-corrected chi connectivity index (χ0v) is 15.1. The van der Waals surface area contributed by atoms with E-state index in [4.69, 9.17) is 0 Å². The molecule has 28 heavy (non-hydrogen) atoms. The standard InChI is InChI=1S/C17H13N3O7S/c1-9-7-12(17(22)13(8-9)20(23)24)18-19-16-11-3-2-4-15(28(25,26)27)10(11)5-6-14(16)21/h2-8,21-22H,1H3,(H,25,26,27). The summed E-state index contributed by atoms with van der Waals surface area (Å²) in [7, 11) is -4.52. The summed E-state index contributed by atoms with van der Waals surface area (Å²) >= 11 is 0. The van der Waals surface area contributed by atoms with Crippen LogP contribution in [0.25, 0.3) is 10.8 Å². The number of nitrogens with zero attached hydrogens (tertiary/aromatic N) is 3. The molecule has 3 N–H and O–H groups in total. The van der Waals surface area contributed by atoms with Gasteiger partial charge in [-0.15, -0.1) is 10.2 Å². The molecule has 3 aromatic rings. The van der Waals surface area contributed by atoms with Crippen molar-refractivity contribution < 1.29 is 28.1 Å². The Morgan fingerprint density at radius 2 is 1.75 bits per heavy atom. The van der Waals surface area contributed by atoms with Gasteiger partial charge in [0.1, 0.15) is 22.0 Å². The Morgan fingerprint density at radius 3 is 2.39 bits per heavy atom. The second-order valence-electron chi connectivity index (χ2n) is 5.87. The number of nitro groups is 1. The van der Waals surface area contributed by atoms with Gasteiger partial charge in [0.2, 0.25) is 5.75 Å². The number of aromatic hydroxyl groups is 2. The van der Waals surface area contributed by atoms with Crippen LogP contribution in [0.4, 0.5) is 17.1 Å². The van der Waals surface area contributed by atoms with Gasteiger partial charge in [-0.1, -0.05) is 12.1 Å². The molecule has 0 spiro atoms. The molecule has 0 radical (unpaired) electrons. The van der Waals surface area contributed by atoms with E-state index in [0.717, 1.165) is 0 Å². The average Bonchev–Trinajstić information content (AvgIpc) is 2.61. The Kier molecular flexibility index (Phi) is 4.71. The molecular weight excluding hydrogens is 390 g/mol. The second-order valence-corrected chi connectivity index (χ2v) is 7.26. The highest BCUT2D eigenvalue weighted by atomic mass is 32.2. The highest BCUT2D eigenvalue weighted by molar-refractivity contribution is 7.86. The monoisotopic (exact) mass is 403 g/mol. The molecule has 0 bridgehead atoms. The highest BCUT2D eigenvalue weighted by Gasteiger charge is 2.19. The van der Waals surface area contributed by atoms with Crippen LogP contribution in [-0.4, -0.2) is 28.1 Å². The fourth-order valence-corrected chi connectivity index (χ4v) is 3.40. The van der Waals surface area contributed by atoms with Gasteiger partial charge < -0.3 is 10.2 Å². The maximum absolute atomic E-state index is 11.5. The molecule has 0 aliphatic rings. The molecular formula is C17H13N3O7S. The Hall–Kier alpha value is -3.57. The number of aryl methyl sites for hydroxylation is 1. The summed E-state index contributed by atoms with van der Waals surface area (Å²) in [6, 6.07) is 8.98. The van der Waals surface area contributed by atoms with Crippen molar-refractivity contribution in [1.82, 2.24) is 0 Å². The molecule has 0 aliphatic heterocycles. The minimum atomic E-state index is -4.52. The molecule has 144 valence electrons. The second kappa shape index (κ2) is 6.87. The lowest BCUT2D eigenvalue weighted by molar-refractivity contribution is -0.385. The van der Waals surface area contributed by atoms with Crippen LogP contribution in [-0.2, 0) is 10.1 Å². The number of phenolic OH excluding ortho intramolecular Hbond substituents is 2. The largest absolute Gasteiger partial charge is 0.506 e. The Labute approximate surface area is 158 Å². The SMILES string of the molecule is Cc1cc(N=Nc2c(O)ccc3c(S(=O)(=O)O)cccc23)c(O)c([N+](=O)[O-])c1. The first kappa shape index (κ1) is 19.2. The van der Waals surface area contributed by atoms with Crippen molar-refractivity contribution in [2.75, 3.05) is 0 Å². The van der Waals surface area contributed by atoms with E-state index < -0.39 is 26.5 Å². The minimum Gasteiger partial charge on any atom is -0.506 e. The molecule has 3 aromatic carbocycles. The lowest BCUT2D eigenvalue weighted by Gasteiger charge is -2.07. The molecule has 0 atom stereocenters. The number of benzene rings is 3. The molecule has 11 heteroatoms. The summed E-state index contributed by atoms with van der Waals surface area (Å²) in [5.41, 5.74) is -0.431. The van der Waals surface area contributed by atoms with Crippen LogP contribution in [0.1, 0.15) is 5.56 Å². The lowest BCUT2D eigenvalue weighted by Crippen LogP contribution is -1.98. The summed E-state index contributed by atoms with van der Waals surface area (Å²) < 4.78 is 32.5. The van der Waals surface area contributed by atoms with Crippen molar-refractivity contribution in [3.63, 3.8) is 0 Å². The number of fused-ring (bicyclic) bond motifs is 1. The summed E-state index contributed by atoms with van der Waals surface area (Å²) in [6.45, 7) is 1.57. The van der Waals surface area contributed by atoms with Gasteiger partial charge in [0.25, 0.3) is 10.1 Å². The third-order valence-electron chi connectivity index (χ3n) is 3.92. The van der Waals surface area contributed by atoms with E-state index in [9.17, 15) is 33.3 Å². The molecule has 0 saturated carbocycles. The molecule has 0 heterocycles. The van der Waals surface area contributed by atoms with Gasteiger partial charge in [0, 0.05) is 16.8 Å². The zero-order valence-electron chi connectivity index (χ0n) is 14.3. The number of rotatable bonds is 4. The van der Waals surface area contributed by atoms with Crippen molar-refractivity contribution in [2.45, 2.75) is 11.8 Å². The third kappa shape index (κ3) is 3.48. The number of nitro benzene ring substituents is 1. The number of azo groups is 1. The molecule has 0 saturated heterocycles. The maximum Gasteiger partial charge on any atom is 0.313 e. The van der Waals surface area contributed by atoms with Crippen LogP contribution >= 0.6 is 0 Å². The molecule has 0 aromatic heterocycles. The van der Waals surface area contributed by atoms with Crippen LogP contribution in [0.15, 0.2) is 57.6 Å². The van der Waals surface area contributed by atoms with E-state index >= 15 is 0 Å². The van der Waals surface area contributed by atoms with Crippen molar-refractivity contribution in [2.24, 2.45) is 10.2 Å². The van der Waals surface area contributed by atoms with Crippen molar-refractivity contribution in [3.05, 3.63) is 58.1 Å². The normalized spacial score (nSPS) is 11.9. The summed E-state index contributed by atoms with van der Waals surface area (Å²) in [5.74, 6) is -1.04. The van der Waals surface area contributed by atoms with Crippen molar-refractivity contribution in [3.8, 4) is 11.5 Å². The summed E-state index contributed by atoms with van der Waals surface area (Å²) in [4.78, 5) is 9.87. The quantitative estimate of drug-likeness (QED) is 0.255. The molecule has 0 fully saturated rings. The number of hydrogen-bond acceptors (Lipinski definition) is 8. The predicted octanol–water partition coefficient (Wildman–Crippen LogP) is 4.13. The van der Waals surface area contributed by atoms with Crippen LogP contribution in [0.5, 0.6) is 11.5 Å². The predicted molar refractivity (Wildman–Crippen MR) is 99.1 cm³/mol. The van der Waals surface area contributed by atoms with Crippen molar-refractivity contribution >= 4 is 38.0 Å². The maximum atomic E-state index is 11.5. The van der Waals surface area contributed by atoms with Gasteiger partial charge in [-0.2, -0.15) is 8.42 Å². The van der Waals surface area contributed by atoms with Crippen LogP contribution in [0.3, 0.4) is 0 Å². The minimum absolute atomic E-state index is 0.0937. The highest BCUT2D eigenvalue weighted by Crippen LogP contribution is 2.41. The molecule has 10 nitrogen and oxygen atoms in total. The van der Waals surface area contributed by atoms with Crippen LogP contribution < -0.4 is 0 Å². The molecule has 0 unspecified atom stereocenters. The topological polar surface area (TPSA) is 163 Å². The van der Waals surface area contributed by atoms with E-state index in [2.05, 4.69) is 10.2 Å². The first-order valence-electron chi connectivity index (χ1n) is 7.71. The van der Waals surface area contributed by atoms with Gasteiger partial charge in [0.05, 0.1) is 4.92 Å². The fraction of sp³-hybridized carbons (Fsp3) is 0.0588. The average molecular weight is 403 g/mol. The Bertz CT molecular complexity index is 1250. The van der Waals surface area contributed by atoms with E-state index in [0.29, 0.717) is 5.56 Å². The van der Waals surface area contributed by atoms with Gasteiger partial charge in [-0.05, 0) is 36.8 Å². The van der Waals surface area contributed by atoms with E-state index in [1.165, 1.54) is 42.5 Å². The molecule has 0 amide bonds. The van der Waals surface area contributed by atoms with E-state index in [1.54, 1.807) is 6.92 Å². The zero-order chi connectivity index (χ0) is 20.6. The van der Waals surface area contributed by atoms with Crippen LogP contribution in [0.2, 0.25) is 0 Å². The lowest BCUT2D eigenvalue weighted by atomic mass is 10.1. The summed E-state index contributed by atoms with van der Waals surface area (Å²) in [5, 5.41) is 39.0.